The first kappa shape index (κ1) is 8.53. The fraction of sp³-hybridized carbons (Fsp3) is 0.875. The average molecular weight is 156 g/mol. The Bertz CT molecular complexity index is 143. The second-order valence-corrected chi connectivity index (χ2v) is 3.35. The van der Waals surface area contributed by atoms with Crippen LogP contribution in [0.25, 0.3) is 0 Å². The summed E-state index contributed by atoms with van der Waals surface area (Å²) in [5, 5.41) is 2.84. The van der Waals surface area contributed by atoms with Crippen LogP contribution in [0.4, 0.5) is 0 Å². The van der Waals surface area contributed by atoms with Crippen LogP contribution in [0.15, 0.2) is 0 Å². The Hall–Kier alpha value is -0.570. The maximum Gasteiger partial charge on any atom is 0.233 e. The number of nitrogens with one attached hydrogen (secondary N) is 1. The van der Waals surface area contributed by atoms with Gasteiger partial charge in [0.25, 0.3) is 0 Å². The summed E-state index contributed by atoms with van der Waals surface area (Å²) < 4.78 is 0. The van der Waals surface area contributed by atoms with Gasteiger partial charge in [-0.15, -0.1) is 0 Å². The highest BCUT2D eigenvalue weighted by molar-refractivity contribution is 5.77. The van der Waals surface area contributed by atoms with Gasteiger partial charge in [-0.1, -0.05) is 12.8 Å². The molecular weight excluding hydrogens is 140 g/mol. The molecule has 0 radical (unpaired) electrons. The maximum atomic E-state index is 10.8. The number of carbonyl (C=O) groups excluding carboxylic acids is 1. The Kier molecular flexibility index (Phi) is 2.88. The molecule has 1 atom stereocenters. The number of hydrogen-bond acceptors (Lipinski definition) is 2. The van der Waals surface area contributed by atoms with Crippen molar-refractivity contribution >= 4 is 5.91 Å². The Morgan fingerprint density at radius 2 is 2.36 bits per heavy atom. The molecule has 3 N–H and O–H groups in total. The van der Waals surface area contributed by atoms with Crippen molar-refractivity contribution in [2.45, 2.75) is 32.2 Å². The van der Waals surface area contributed by atoms with Crippen LogP contribution in [0.5, 0.6) is 0 Å². The van der Waals surface area contributed by atoms with Gasteiger partial charge in [0, 0.05) is 6.04 Å². The van der Waals surface area contributed by atoms with Gasteiger partial charge in [0.15, 0.2) is 0 Å². The number of carbonyl (C=O) groups is 1. The second kappa shape index (κ2) is 3.72. The number of amides is 1. The average Bonchev–Trinajstić information content (AvgIpc) is 2.71. The lowest BCUT2D eigenvalue weighted by molar-refractivity contribution is -0.120. The molecule has 1 saturated carbocycles. The predicted molar refractivity (Wildman–Crippen MR) is 44.0 cm³/mol. The van der Waals surface area contributed by atoms with Gasteiger partial charge in [0.1, 0.15) is 0 Å². The molecule has 0 aromatic carbocycles. The van der Waals surface area contributed by atoms with Crippen molar-refractivity contribution < 1.29 is 4.79 Å². The molecule has 0 aromatic rings. The molecule has 1 aliphatic carbocycles. The number of hydrogen-bond donors (Lipinski definition) is 2. The smallest absolute Gasteiger partial charge is 0.233 e. The van der Waals surface area contributed by atoms with Crippen LogP contribution >= 0.6 is 0 Å². The summed E-state index contributed by atoms with van der Waals surface area (Å²) in [6, 6.07) is 0.304. The highest BCUT2D eigenvalue weighted by Crippen LogP contribution is 2.33. The quantitative estimate of drug-likeness (QED) is 0.613. The molecule has 0 bridgehead atoms. The van der Waals surface area contributed by atoms with E-state index in [0.717, 1.165) is 12.3 Å². The van der Waals surface area contributed by atoms with Crippen molar-refractivity contribution in [2.24, 2.45) is 11.7 Å². The zero-order chi connectivity index (χ0) is 8.27. The van der Waals surface area contributed by atoms with Crippen LogP contribution in [-0.4, -0.2) is 18.5 Å². The molecule has 0 aromatic heterocycles. The summed E-state index contributed by atoms with van der Waals surface area (Å²) in [4.78, 5) is 10.8. The molecule has 1 aliphatic rings. The zero-order valence-electron chi connectivity index (χ0n) is 6.97. The van der Waals surface area contributed by atoms with E-state index in [1.165, 1.54) is 12.8 Å². The van der Waals surface area contributed by atoms with Crippen molar-refractivity contribution in [2.75, 3.05) is 6.54 Å². The van der Waals surface area contributed by atoms with E-state index in [1.54, 1.807) is 0 Å². The van der Waals surface area contributed by atoms with E-state index in [4.69, 9.17) is 5.73 Å². The molecule has 3 heteroatoms. The van der Waals surface area contributed by atoms with Gasteiger partial charge in [-0.05, 0) is 19.3 Å². The molecule has 0 heterocycles. The van der Waals surface area contributed by atoms with E-state index in [9.17, 15) is 4.79 Å². The lowest BCUT2D eigenvalue weighted by Gasteiger charge is -2.11. The third-order valence-electron chi connectivity index (χ3n) is 1.98. The van der Waals surface area contributed by atoms with Crippen LogP contribution < -0.4 is 11.1 Å². The topological polar surface area (TPSA) is 55.1 Å². The molecular formula is C8H16N2O. The van der Waals surface area contributed by atoms with Gasteiger partial charge >= 0.3 is 0 Å². The van der Waals surface area contributed by atoms with Crippen molar-refractivity contribution in [3.05, 3.63) is 0 Å². The number of nitrogens with two attached hydrogens (primary N) is 1. The van der Waals surface area contributed by atoms with Crippen LogP contribution in [0.3, 0.4) is 0 Å². The molecule has 64 valence electrons. The first-order chi connectivity index (χ1) is 5.22. The van der Waals surface area contributed by atoms with E-state index in [0.29, 0.717) is 6.04 Å². The minimum Gasteiger partial charge on any atom is -0.353 e. The summed E-state index contributed by atoms with van der Waals surface area (Å²) in [5.74, 6) is 0.821. The molecule has 1 amide bonds. The minimum absolute atomic E-state index is 0.0434. The van der Waals surface area contributed by atoms with Crippen LogP contribution in [0.1, 0.15) is 26.2 Å². The predicted octanol–water partition coefficient (Wildman–Crippen LogP) is 0.250. The summed E-state index contributed by atoms with van der Waals surface area (Å²) in [5.41, 5.74) is 5.15. The van der Waals surface area contributed by atoms with Crippen LogP contribution in [0.2, 0.25) is 0 Å². The first-order valence-electron chi connectivity index (χ1n) is 4.21. The standard InChI is InChI=1S/C8H16N2O/c1-6(4-7-2-3-7)10-8(11)5-9/h6-7H,2-5,9H2,1H3,(H,10,11). The molecule has 0 saturated heterocycles. The molecule has 11 heavy (non-hydrogen) atoms. The number of rotatable bonds is 4. The normalized spacial score (nSPS) is 19.5. The lowest BCUT2D eigenvalue weighted by Crippen LogP contribution is -2.37. The van der Waals surface area contributed by atoms with Crippen molar-refractivity contribution in [3.63, 3.8) is 0 Å². The van der Waals surface area contributed by atoms with E-state index >= 15 is 0 Å². The van der Waals surface area contributed by atoms with Crippen molar-refractivity contribution in [1.29, 1.82) is 0 Å². The Morgan fingerprint density at radius 3 is 2.82 bits per heavy atom. The van der Waals surface area contributed by atoms with Crippen LogP contribution in [-0.2, 0) is 4.79 Å². The molecule has 0 aliphatic heterocycles. The molecule has 1 fully saturated rings. The highest BCUT2D eigenvalue weighted by atomic mass is 16.1. The third kappa shape index (κ3) is 3.37. The molecule has 1 unspecified atom stereocenters. The van der Waals surface area contributed by atoms with E-state index in [-0.39, 0.29) is 12.5 Å². The first-order valence-corrected chi connectivity index (χ1v) is 4.21. The van der Waals surface area contributed by atoms with Crippen molar-refractivity contribution in [3.8, 4) is 0 Å². The summed E-state index contributed by atoms with van der Waals surface area (Å²) in [6.45, 7) is 2.14. The molecule has 0 spiro atoms. The van der Waals surface area contributed by atoms with E-state index in [1.807, 2.05) is 6.92 Å². The summed E-state index contributed by atoms with van der Waals surface area (Å²) >= 11 is 0. The molecule has 3 nitrogen and oxygen atoms in total. The molecule has 1 rings (SSSR count). The monoisotopic (exact) mass is 156 g/mol. The van der Waals surface area contributed by atoms with E-state index < -0.39 is 0 Å². The third-order valence-corrected chi connectivity index (χ3v) is 1.98. The van der Waals surface area contributed by atoms with Gasteiger partial charge in [-0.25, -0.2) is 0 Å². The highest BCUT2D eigenvalue weighted by Gasteiger charge is 2.23. The Morgan fingerprint density at radius 1 is 1.73 bits per heavy atom. The largest absolute Gasteiger partial charge is 0.353 e. The van der Waals surface area contributed by atoms with E-state index in [2.05, 4.69) is 5.32 Å². The maximum absolute atomic E-state index is 10.8. The fourth-order valence-corrected chi connectivity index (χ4v) is 1.25. The second-order valence-electron chi connectivity index (χ2n) is 3.35. The van der Waals surface area contributed by atoms with Gasteiger partial charge in [-0.2, -0.15) is 0 Å². The summed E-state index contributed by atoms with van der Waals surface area (Å²) in [6.07, 6.45) is 3.79. The zero-order valence-corrected chi connectivity index (χ0v) is 6.97. The van der Waals surface area contributed by atoms with Crippen LogP contribution in [0, 0.1) is 5.92 Å². The summed E-state index contributed by atoms with van der Waals surface area (Å²) in [7, 11) is 0. The van der Waals surface area contributed by atoms with Gasteiger partial charge < -0.3 is 11.1 Å². The minimum atomic E-state index is -0.0434. The lowest BCUT2D eigenvalue weighted by atomic mass is 10.1. The van der Waals surface area contributed by atoms with Gasteiger partial charge in [-0.3, -0.25) is 4.79 Å². The Balaban J connectivity index is 2.08. The fourth-order valence-electron chi connectivity index (χ4n) is 1.25. The SMILES string of the molecule is CC(CC1CC1)NC(=O)CN. The van der Waals surface area contributed by atoms with Gasteiger partial charge in [0.2, 0.25) is 5.91 Å². The van der Waals surface area contributed by atoms with Gasteiger partial charge in [0.05, 0.1) is 6.54 Å². The Labute approximate surface area is 67.3 Å². The van der Waals surface area contributed by atoms with Crippen molar-refractivity contribution in [1.82, 2.24) is 5.32 Å².